The molecular weight excluding hydrogens is 360 g/mol. The van der Waals surface area contributed by atoms with Gasteiger partial charge in [-0.3, -0.25) is 4.79 Å². The Balaban J connectivity index is 1.29. The van der Waals surface area contributed by atoms with Crippen molar-refractivity contribution in [3.8, 4) is 5.75 Å². The number of ether oxygens (including phenoxy) is 1. The molecule has 2 bridgehead atoms. The minimum absolute atomic E-state index is 0.0232. The Morgan fingerprint density at radius 1 is 1.00 bits per heavy atom. The maximum atomic E-state index is 12.8. The molecule has 4 heteroatoms. The molecule has 0 aromatic heterocycles. The zero-order valence-electron chi connectivity index (χ0n) is 16.5. The van der Waals surface area contributed by atoms with Crippen LogP contribution in [0.2, 0.25) is 0 Å². The van der Waals surface area contributed by atoms with Crippen molar-refractivity contribution in [1.82, 2.24) is 10.2 Å². The van der Waals surface area contributed by atoms with Gasteiger partial charge in [0.2, 0.25) is 0 Å². The number of fused-ring (bicyclic) bond motifs is 3. The summed E-state index contributed by atoms with van der Waals surface area (Å²) >= 11 is 0. The van der Waals surface area contributed by atoms with Gasteiger partial charge in [0.05, 0.1) is 0 Å². The third-order valence-electron chi connectivity index (χ3n) is 6.12. The second kappa shape index (κ2) is 7.88. The summed E-state index contributed by atoms with van der Waals surface area (Å²) in [5, 5.41) is 5.38. The third kappa shape index (κ3) is 4.13. The van der Waals surface area contributed by atoms with Crippen LogP contribution in [0, 0.1) is 5.92 Å². The number of hydrogen-bond acceptors (Lipinski definition) is 3. The predicted octanol–water partition coefficient (Wildman–Crippen LogP) is 4.24. The molecule has 1 amide bonds. The molecule has 0 radical (unpaired) electrons. The molecule has 2 saturated heterocycles. The molecule has 148 valence electrons. The summed E-state index contributed by atoms with van der Waals surface area (Å²) < 4.78 is 5.95. The quantitative estimate of drug-likeness (QED) is 0.713. The van der Waals surface area contributed by atoms with Gasteiger partial charge in [-0.2, -0.15) is 0 Å². The van der Waals surface area contributed by atoms with Crippen molar-refractivity contribution >= 4 is 16.7 Å². The Bertz CT molecular complexity index is 1010. The minimum Gasteiger partial charge on any atom is -0.489 e. The number of nitrogens with one attached hydrogen (secondary N) is 1. The average Bonchev–Trinajstić information content (AvgIpc) is 3.10. The lowest BCUT2D eigenvalue weighted by Gasteiger charge is -2.30. The predicted molar refractivity (Wildman–Crippen MR) is 115 cm³/mol. The molecule has 0 spiro atoms. The molecule has 3 aromatic carbocycles. The molecule has 29 heavy (non-hydrogen) atoms. The molecule has 2 aliphatic rings. The van der Waals surface area contributed by atoms with E-state index in [1.165, 1.54) is 19.5 Å². The Morgan fingerprint density at radius 3 is 2.72 bits per heavy atom. The Morgan fingerprint density at radius 2 is 1.86 bits per heavy atom. The van der Waals surface area contributed by atoms with Gasteiger partial charge in [-0.25, -0.2) is 0 Å². The van der Waals surface area contributed by atoms with E-state index in [2.05, 4.69) is 22.3 Å². The van der Waals surface area contributed by atoms with E-state index < -0.39 is 0 Å². The molecule has 4 nitrogen and oxygen atoms in total. The molecule has 2 fully saturated rings. The number of rotatable bonds is 5. The summed E-state index contributed by atoms with van der Waals surface area (Å²) in [4.78, 5) is 15.3. The first-order valence-electron chi connectivity index (χ1n) is 10.5. The molecular formula is C25H26N2O2. The van der Waals surface area contributed by atoms with Crippen LogP contribution in [-0.4, -0.2) is 36.5 Å². The molecule has 3 atom stereocenters. The lowest BCUT2D eigenvalue weighted by molar-refractivity contribution is 0.0909. The molecule has 2 heterocycles. The van der Waals surface area contributed by atoms with Crippen molar-refractivity contribution in [2.45, 2.75) is 25.5 Å². The minimum atomic E-state index is 0.0232. The number of benzene rings is 3. The number of amides is 1. The molecule has 5 rings (SSSR count). The molecule has 1 N–H and O–H groups in total. The van der Waals surface area contributed by atoms with Gasteiger partial charge >= 0.3 is 0 Å². The van der Waals surface area contributed by atoms with Gasteiger partial charge < -0.3 is 15.0 Å². The zero-order chi connectivity index (χ0) is 19.6. The first-order chi connectivity index (χ1) is 14.2. The van der Waals surface area contributed by atoms with E-state index in [-0.39, 0.29) is 11.9 Å². The van der Waals surface area contributed by atoms with E-state index in [4.69, 9.17) is 4.74 Å². The van der Waals surface area contributed by atoms with E-state index in [1.807, 2.05) is 54.6 Å². The fourth-order valence-electron chi connectivity index (χ4n) is 4.63. The van der Waals surface area contributed by atoms with E-state index in [0.29, 0.717) is 12.2 Å². The van der Waals surface area contributed by atoms with Gasteiger partial charge in [0.1, 0.15) is 12.4 Å². The fourth-order valence-corrected chi connectivity index (χ4v) is 4.63. The summed E-state index contributed by atoms with van der Waals surface area (Å²) in [6, 6.07) is 22.3. The van der Waals surface area contributed by atoms with Gasteiger partial charge in [0.15, 0.2) is 0 Å². The van der Waals surface area contributed by atoms with Crippen LogP contribution in [0.3, 0.4) is 0 Å². The second-order valence-corrected chi connectivity index (χ2v) is 8.32. The van der Waals surface area contributed by atoms with Gasteiger partial charge in [-0.1, -0.05) is 42.5 Å². The monoisotopic (exact) mass is 386 g/mol. The van der Waals surface area contributed by atoms with E-state index in [9.17, 15) is 4.79 Å². The third-order valence-corrected chi connectivity index (χ3v) is 6.12. The van der Waals surface area contributed by atoms with Crippen LogP contribution >= 0.6 is 0 Å². The van der Waals surface area contributed by atoms with Crippen LogP contribution in [0.4, 0.5) is 0 Å². The highest BCUT2D eigenvalue weighted by molar-refractivity contribution is 5.99. The standard InChI is InChI=1S/C25H26N2O2/c28-25(26-23-12-19-10-11-27(15-19)16-23)21-7-6-20-8-9-24(14-22(20)13-21)29-17-18-4-2-1-3-5-18/h1-9,13-14,19,23H,10-12,15-17H2,(H,26,28)/t19-,23+/m0/s1. The van der Waals surface area contributed by atoms with E-state index >= 15 is 0 Å². The average molecular weight is 386 g/mol. The molecule has 1 unspecified atom stereocenters. The maximum absolute atomic E-state index is 12.8. The van der Waals surface area contributed by atoms with Crippen molar-refractivity contribution in [2.75, 3.05) is 19.6 Å². The molecule has 3 aromatic rings. The first-order valence-corrected chi connectivity index (χ1v) is 10.5. The smallest absolute Gasteiger partial charge is 0.251 e. The highest BCUT2D eigenvalue weighted by Crippen LogP contribution is 2.27. The number of nitrogens with zero attached hydrogens (tertiary/aromatic N) is 1. The number of carbonyl (C=O) groups excluding carboxylic acids is 1. The Hall–Kier alpha value is -2.85. The molecule has 2 aliphatic heterocycles. The van der Waals surface area contributed by atoms with Crippen molar-refractivity contribution in [3.63, 3.8) is 0 Å². The van der Waals surface area contributed by atoms with Crippen molar-refractivity contribution in [3.05, 3.63) is 77.9 Å². The summed E-state index contributed by atoms with van der Waals surface area (Å²) in [5.74, 6) is 1.58. The van der Waals surface area contributed by atoms with Crippen LogP contribution in [0.5, 0.6) is 5.75 Å². The number of piperidine rings is 1. The summed E-state index contributed by atoms with van der Waals surface area (Å²) in [5.41, 5.74) is 1.85. The first kappa shape index (κ1) is 18.2. The van der Waals surface area contributed by atoms with Crippen LogP contribution < -0.4 is 10.1 Å². The van der Waals surface area contributed by atoms with Gasteiger partial charge in [0.25, 0.3) is 5.91 Å². The largest absolute Gasteiger partial charge is 0.489 e. The Kier molecular flexibility index (Phi) is 4.94. The summed E-state index contributed by atoms with van der Waals surface area (Å²) in [6.07, 6.45) is 2.38. The zero-order valence-corrected chi connectivity index (χ0v) is 16.5. The maximum Gasteiger partial charge on any atom is 0.251 e. The number of carbonyl (C=O) groups is 1. The van der Waals surface area contributed by atoms with E-state index in [0.717, 1.165) is 41.0 Å². The van der Waals surface area contributed by atoms with E-state index in [1.54, 1.807) is 0 Å². The van der Waals surface area contributed by atoms with Crippen LogP contribution in [0.1, 0.15) is 28.8 Å². The lowest BCUT2D eigenvalue weighted by atomic mass is 9.96. The SMILES string of the molecule is O=C(N[C@@H]1C[C@@H]2CCN(C2)C1)c1ccc2ccc(OCc3ccccc3)cc2c1. The van der Waals surface area contributed by atoms with Gasteiger partial charge in [0, 0.05) is 24.7 Å². The fraction of sp³-hybridized carbons (Fsp3) is 0.320. The molecule has 0 saturated carbocycles. The van der Waals surface area contributed by atoms with Crippen molar-refractivity contribution in [2.24, 2.45) is 5.92 Å². The lowest BCUT2D eigenvalue weighted by Crippen LogP contribution is -2.47. The molecule has 0 aliphatic carbocycles. The van der Waals surface area contributed by atoms with Crippen LogP contribution in [-0.2, 0) is 6.61 Å². The van der Waals surface area contributed by atoms with Crippen molar-refractivity contribution < 1.29 is 9.53 Å². The topological polar surface area (TPSA) is 41.6 Å². The van der Waals surface area contributed by atoms with Gasteiger partial charge in [-0.05, 0) is 65.9 Å². The number of hydrogen-bond donors (Lipinski definition) is 1. The van der Waals surface area contributed by atoms with Gasteiger partial charge in [-0.15, -0.1) is 0 Å². The summed E-state index contributed by atoms with van der Waals surface area (Å²) in [6.45, 7) is 3.89. The highest BCUT2D eigenvalue weighted by atomic mass is 16.5. The Labute approximate surface area is 171 Å². The van der Waals surface area contributed by atoms with Crippen LogP contribution in [0.25, 0.3) is 10.8 Å². The van der Waals surface area contributed by atoms with Crippen LogP contribution in [0.15, 0.2) is 66.7 Å². The van der Waals surface area contributed by atoms with Crippen molar-refractivity contribution in [1.29, 1.82) is 0 Å². The second-order valence-electron chi connectivity index (χ2n) is 8.32. The summed E-state index contributed by atoms with van der Waals surface area (Å²) in [7, 11) is 0. The normalized spacial score (nSPS) is 23.1. The highest BCUT2D eigenvalue weighted by Gasteiger charge is 2.32.